The van der Waals surface area contributed by atoms with E-state index in [9.17, 15) is 27.1 Å². The van der Waals surface area contributed by atoms with Crippen LogP contribution in [-0.2, 0) is 12.8 Å². The molecule has 1 heterocycles. The first-order chi connectivity index (χ1) is 16.0. The summed E-state index contributed by atoms with van der Waals surface area (Å²) in [6, 6.07) is 18.4. The zero-order valence-corrected chi connectivity index (χ0v) is 18.0. The molecule has 0 aliphatic rings. The van der Waals surface area contributed by atoms with Crippen LogP contribution in [0.3, 0.4) is 0 Å². The van der Waals surface area contributed by atoms with Gasteiger partial charge in [-0.25, -0.2) is 4.98 Å². The summed E-state index contributed by atoms with van der Waals surface area (Å²) in [5.74, 6) is 0.139. The van der Waals surface area contributed by atoms with Gasteiger partial charge in [0.25, 0.3) is 0 Å². The van der Waals surface area contributed by atoms with Crippen molar-refractivity contribution in [1.29, 1.82) is 0 Å². The second-order valence-corrected chi connectivity index (χ2v) is 7.94. The van der Waals surface area contributed by atoms with Gasteiger partial charge in [-0.2, -0.15) is 22.0 Å². The summed E-state index contributed by atoms with van der Waals surface area (Å²) in [4.78, 5) is 7.82. The van der Waals surface area contributed by atoms with Crippen LogP contribution in [0.2, 0.25) is 0 Å². The van der Waals surface area contributed by atoms with E-state index in [1.54, 1.807) is 6.92 Å². The molecule has 9 heteroatoms. The van der Waals surface area contributed by atoms with Crippen molar-refractivity contribution < 1.29 is 31.8 Å². The fourth-order valence-corrected chi connectivity index (χ4v) is 3.67. The molecule has 0 radical (unpaired) electrons. The molecule has 0 spiro atoms. The van der Waals surface area contributed by atoms with Crippen LogP contribution >= 0.6 is 0 Å². The Balaban J connectivity index is 1.46. The standard InChI is InChI=1S/C25H21F5N2O2/c1-15(33)19-4-2-3-5-20(19)17-9-12-21-22(14-17)32-23(31-21)13-8-16-6-10-18(11-7-16)34-25(29,30)24(26,27)28/h2-7,9-12,14-15,33H,8,13H2,1H3,(H,31,32). The van der Waals surface area contributed by atoms with Crippen molar-refractivity contribution in [1.82, 2.24) is 9.97 Å². The fourth-order valence-electron chi connectivity index (χ4n) is 3.67. The minimum Gasteiger partial charge on any atom is -0.426 e. The SMILES string of the molecule is CC(O)c1ccccc1-c1ccc2nc(CCc3ccc(OC(F)(F)C(F)(F)F)cc3)[nH]c2c1. The Morgan fingerprint density at radius 1 is 0.941 bits per heavy atom. The van der Waals surface area contributed by atoms with E-state index in [1.807, 2.05) is 42.5 Å². The quantitative estimate of drug-likeness (QED) is 0.296. The predicted octanol–water partition coefficient (Wildman–Crippen LogP) is 6.60. The van der Waals surface area contributed by atoms with Gasteiger partial charge < -0.3 is 14.8 Å². The number of aliphatic hydroxyl groups excluding tert-OH is 1. The average Bonchev–Trinajstić information content (AvgIpc) is 3.20. The van der Waals surface area contributed by atoms with Gasteiger partial charge in [0.15, 0.2) is 0 Å². The van der Waals surface area contributed by atoms with Crippen molar-refractivity contribution in [2.75, 3.05) is 0 Å². The molecule has 4 rings (SSSR count). The largest absolute Gasteiger partial charge is 0.499 e. The molecule has 1 aromatic heterocycles. The van der Waals surface area contributed by atoms with E-state index >= 15 is 0 Å². The first-order valence-corrected chi connectivity index (χ1v) is 10.5. The van der Waals surface area contributed by atoms with E-state index in [1.165, 1.54) is 12.1 Å². The average molecular weight is 476 g/mol. The number of ether oxygens (including phenoxy) is 1. The third-order valence-corrected chi connectivity index (χ3v) is 5.40. The van der Waals surface area contributed by atoms with Crippen molar-refractivity contribution >= 4 is 11.0 Å². The third-order valence-electron chi connectivity index (χ3n) is 5.40. The summed E-state index contributed by atoms with van der Waals surface area (Å²) in [5.41, 5.74) is 5.01. The molecule has 0 bridgehead atoms. The summed E-state index contributed by atoms with van der Waals surface area (Å²) in [6.07, 6.45) is -10.6. The number of hydrogen-bond donors (Lipinski definition) is 2. The van der Waals surface area contributed by atoms with Crippen molar-refractivity contribution in [2.24, 2.45) is 0 Å². The molecule has 0 aliphatic carbocycles. The van der Waals surface area contributed by atoms with Gasteiger partial charge in [-0.05, 0) is 59.9 Å². The molecular weight excluding hydrogens is 455 g/mol. The first-order valence-electron chi connectivity index (χ1n) is 10.5. The van der Waals surface area contributed by atoms with Gasteiger partial charge in [-0.1, -0.05) is 42.5 Å². The number of rotatable bonds is 7. The van der Waals surface area contributed by atoms with E-state index < -0.39 is 24.1 Å². The Morgan fingerprint density at radius 3 is 2.32 bits per heavy atom. The molecule has 4 nitrogen and oxygen atoms in total. The maximum Gasteiger partial charge on any atom is 0.499 e. The molecule has 0 saturated carbocycles. The lowest BCUT2D eigenvalue weighted by Crippen LogP contribution is -2.41. The summed E-state index contributed by atoms with van der Waals surface area (Å²) >= 11 is 0. The van der Waals surface area contributed by atoms with E-state index in [2.05, 4.69) is 14.7 Å². The fraction of sp³-hybridized carbons (Fsp3) is 0.240. The summed E-state index contributed by atoms with van der Waals surface area (Å²) in [6.45, 7) is 1.71. The van der Waals surface area contributed by atoms with Gasteiger partial charge in [0, 0.05) is 6.42 Å². The number of H-pyrrole nitrogens is 1. The highest BCUT2D eigenvalue weighted by molar-refractivity contribution is 5.83. The molecule has 0 saturated heterocycles. The number of aryl methyl sites for hydroxylation is 2. The normalized spacial score (nSPS) is 13.3. The van der Waals surface area contributed by atoms with Crippen LogP contribution in [-0.4, -0.2) is 27.4 Å². The monoisotopic (exact) mass is 476 g/mol. The Morgan fingerprint density at radius 2 is 1.65 bits per heavy atom. The smallest absolute Gasteiger partial charge is 0.426 e. The molecule has 3 aromatic carbocycles. The zero-order chi connectivity index (χ0) is 24.5. The molecular formula is C25H21F5N2O2. The van der Waals surface area contributed by atoms with E-state index in [4.69, 9.17) is 0 Å². The van der Waals surface area contributed by atoms with Crippen LogP contribution in [0.15, 0.2) is 66.7 Å². The second-order valence-electron chi connectivity index (χ2n) is 7.94. The lowest BCUT2D eigenvalue weighted by molar-refractivity contribution is -0.360. The number of aromatic amines is 1. The number of hydrogen-bond acceptors (Lipinski definition) is 3. The van der Waals surface area contributed by atoms with Gasteiger partial charge in [-0.15, -0.1) is 0 Å². The lowest BCUT2D eigenvalue weighted by Gasteiger charge is -2.20. The lowest BCUT2D eigenvalue weighted by atomic mass is 9.96. The Bertz CT molecular complexity index is 1280. The number of fused-ring (bicyclic) bond motifs is 1. The second kappa shape index (κ2) is 9.06. The molecule has 0 amide bonds. The van der Waals surface area contributed by atoms with Crippen LogP contribution in [0.1, 0.15) is 30.0 Å². The number of aromatic nitrogens is 2. The zero-order valence-electron chi connectivity index (χ0n) is 18.0. The van der Waals surface area contributed by atoms with Gasteiger partial charge in [0.05, 0.1) is 17.1 Å². The van der Waals surface area contributed by atoms with Crippen LogP contribution in [0, 0.1) is 0 Å². The molecule has 1 unspecified atom stereocenters. The molecule has 4 aromatic rings. The summed E-state index contributed by atoms with van der Waals surface area (Å²) in [7, 11) is 0. The number of nitrogens with one attached hydrogen (secondary N) is 1. The number of aliphatic hydroxyl groups is 1. The topological polar surface area (TPSA) is 58.1 Å². The first kappa shape index (κ1) is 23.7. The van der Waals surface area contributed by atoms with Crippen molar-refractivity contribution in [3.05, 3.63) is 83.7 Å². The third kappa shape index (κ3) is 5.04. The van der Waals surface area contributed by atoms with Crippen molar-refractivity contribution in [2.45, 2.75) is 38.2 Å². The van der Waals surface area contributed by atoms with Crippen LogP contribution in [0.4, 0.5) is 22.0 Å². The minimum atomic E-state index is -5.79. The highest BCUT2D eigenvalue weighted by atomic mass is 19.4. The van der Waals surface area contributed by atoms with Crippen LogP contribution in [0.5, 0.6) is 5.75 Å². The highest BCUT2D eigenvalue weighted by Crippen LogP contribution is 2.37. The molecule has 2 N–H and O–H groups in total. The predicted molar refractivity (Wildman–Crippen MR) is 118 cm³/mol. The van der Waals surface area contributed by atoms with Crippen LogP contribution in [0.25, 0.3) is 22.2 Å². The number of imidazole rings is 1. The van der Waals surface area contributed by atoms with Gasteiger partial charge in [0.1, 0.15) is 11.6 Å². The Labute approximate surface area is 192 Å². The highest BCUT2D eigenvalue weighted by Gasteiger charge is 2.61. The maximum atomic E-state index is 13.0. The number of halogens is 5. The number of benzene rings is 3. The summed E-state index contributed by atoms with van der Waals surface area (Å²) in [5, 5.41) is 10.1. The van der Waals surface area contributed by atoms with Crippen molar-refractivity contribution in [3.8, 4) is 16.9 Å². The molecule has 0 fully saturated rings. The van der Waals surface area contributed by atoms with Gasteiger partial charge in [0.2, 0.25) is 0 Å². The molecule has 178 valence electrons. The number of alkyl halides is 5. The molecule has 34 heavy (non-hydrogen) atoms. The van der Waals surface area contributed by atoms with Crippen LogP contribution < -0.4 is 4.74 Å². The Kier molecular flexibility index (Phi) is 6.31. The molecule has 0 aliphatic heterocycles. The van der Waals surface area contributed by atoms with Gasteiger partial charge in [-0.3, -0.25) is 0 Å². The summed E-state index contributed by atoms with van der Waals surface area (Å²) < 4.78 is 66.7. The number of nitrogens with zero attached hydrogens (tertiary/aromatic N) is 1. The van der Waals surface area contributed by atoms with E-state index in [-0.39, 0.29) is 0 Å². The Hall–Kier alpha value is -3.46. The molecule has 1 atom stereocenters. The van der Waals surface area contributed by atoms with E-state index in [0.29, 0.717) is 18.7 Å². The van der Waals surface area contributed by atoms with Gasteiger partial charge >= 0.3 is 12.3 Å². The van der Waals surface area contributed by atoms with Crippen molar-refractivity contribution in [3.63, 3.8) is 0 Å². The maximum absolute atomic E-state index is 13.0. The minimum absolute atomic E-state index is 0.494. The van der Waals surface area contributed by atoms with E-state index in [0.717, 1.165) is 45.4 Å².